The summed E-state index contributed by atoms with van der Waals surface area (Å²) in [6.45, 7) is 0. The van der Waals surface area contributed by atoms with Crippen LogP contribution in [0.4, 0.5) is 5.69 Å². The van der Waals surface area contributed by atoms with E-state index >= 15 is 0 Å². The molecule has 10 heteroatoms. The standard InChI is InChI=1S/C16H12BrClN4O3S/c17-8-1-3-12(23)10(5-8)15-20-16(22-21-15)26-7-14(25)19-11-6-9(18)2-4-13(11)24/h1-6,23-24H,7H2,(H,19,25)(H,20,21,22). The molecule has 0 atom stereocenters. The third-order valence-electron chi connectivity index (χ3n) is 3.24. The molecule has 0 aliphatic rings. The van der Waals surface area contributed by atoms with Crippen LogP contribution in [-0.4, -0.2) is 37.1 Å². The van der Waals surface area contributed by atoms with Crippen LogP contribution in [-0.2, 0) is 4.79 Å². The molecule has 0 saturated heterocycles. The van der Waals surface area contributed by atoms with Crippen LogP contribution < -0.4 is 5.32 Å². The second-order valence-electron chi connectivity index (χ2n) is 5.13. The van der Waals surface area contributed by atoms with Crippen LogP contribution in [0.2, 0.25) is 5.02 Å². The lowest BCUT2D eigenvalue weighted by Gasteiger charge is -2.06. The molecule has 3 aromatic rings. The molecule has 7 nitrogen and oxygen atoms in total. The number of aromatic hydroxyl groups is 2. The number of aromatic amines is 1. The number of phenolic OH excluding ortho intramolecular Hbond substituents is 2. The van der Waals surface area contributed by atoms with Crippen molar-refractivity contribution in [2.24, 2.45) is 0 Å². The largest absolute Gasteiger partial charge is 0.507 e. The lowest BCUT2D eigenvalue weighted by molar-refractivity contribution is -0.113. The van der Waals surface area contributed by atoms with Gasteiger partial charge in [-0.15, -0.1) is 5.10 Å². The Hall–Kier alpha value is -2.23. The van der Waals surface area contributed by atoms with Crippen LogP contribution in [0.15, 0.2) is 46.0 Å². The molecular formula is C16H12BrClN4O3S. The summed E-state index contributed by atoms with van der Waals surface area (Å²) in [6, 6.07) is 9.34. The van der Waals surface area contributed by atoms with Gasteiger partial charge in [0, 0.05) is 9.50 Å². The van der Waals surface area contributed by atoms with E-state index in [1.165, 1.54) is 18.2 Å². The van der Waals surface area contributed by atoms with Gasteiger partial charge in [0.1, 0.15) is 11.5 Å². The Labute approximate surface area is 165 Å². The molecule has 0 unspecified atom stereocenters. The minimum atomic E-state index is -0.343. The maximum atomic E-state index is 12.0. The van der Waals surface area contributed by atoms with Gasteiger partial charge in [0.05, 0.1) is 17.0 Å². The third kappa shape index (κ3) is 4.48. The maximum Gasteiger partial charge on any atom is 0.234 e. The average molecular weight is 456 g/mol. The molecule has 0 aliphatic heterocycles. The van der Waals surface area contributed by atoms with E-state index < -0.39 is 0 Å². The molecule has 2 aromatic carbocycles. The van der Waals surface area contributed by atoms with Gasteiger partial charge in [0.15, 0.2) is 5.82 Å². The lowest BCUT2D eigenvalue weighted by Crippen LogP contribution is -2.14. The van der Waals surface area contributed by atoms with Crippen molar-refractivity contribution in [3.05, 3.63) is 45.9 Å². The fourth-order valence-corrected chi connectivity index (χ4v) is 3.19. The molecule has 3 rings (SSSR count). The van der Waals surface area contributed by atoms with Crippen molar-refractivity contribution in [3.63, 3.8) is 0 Å². The Bertz CT molecular complexity index is 966. The first kappa shape index (κ1) is 18.6. The normalized spacial score (nSPS) is 10.7. The van der Waals surface area contributed by atoms with Crippen LogP contribution in [0.25, 0.3) is 11.4 Å². The van der Waals surface area contributed by atoms with Crippen molar-refractivity contribution < 1.29 is 15.0 Å². The summed E-state index contributed by atoms with van der Waals surface area (Å²) in [7, 11) is 0. The van der Waals surface area contributed by atoms with Gasteiger partial charge in [0.2, 0.25) is 11.1 Å². The Kier molecular flexibility index (Phi) is 5.70. The van der Waals surface area contributed by atoms with Crippen LogP contribution in [0.5, 0.6) is 11.5 Å². The molecule has 0 radical (unpaired) electrons. The van der Waals surface area contributed by atoms with Gasteiger partial charge >= 0.3 is 0 Å². The molecule has 1 heterocycles. The number of amides is 1. The van der Waals surface area contributed by atoms with E-state index in [0.717, 1.165) is 16.2 Å². The SMILES string of the molecule is O=C(CSc1n[nH]c(-c2cc(Br)ccc2O)n1)Nc1cc(Cl)ccc1O. The molecule has 0 aliphatic carbocycles. The summed E-state index contributed by atoms with van der Waals surface area (Å²) in [6.07, 6.45) is 0. The predicted octanol–water partition coefficient (Wildman–Crippen LogP) is 4.03. The number of carbonyl (C=O) groups excluding carboxylic acids is 1. The molecule has 0 spiro atoms. The number of hydrogen-bond acceptors (Lipinski definition) is 6. The number of rotatable bonds is 5. The summed E-state index contributed by atoms with van der Waals surface area (Å²) in [5, 5.41) is 29.7. The van der Waals surface area contributed by atoms with Crippen LogP contribution >= 0.6 is 39.3 Å². The first-order valence-corrected chi connectivity index (χ1v) is 9.40. The van der Waals surface area contributed by atoms with Gasteiger partial charge in [-0.3, -0.25) is 9.89 Å². The van der Waals surface area contributed by atoms with E-state index in [1.54, 1.807) is 18.2 Å². The van der Waals surface area contributed by atoms with Gasteiger partial charge in [0.25, 0.3) is 0 Å². The number of thioether (sulfide) groups is 1. The fraction of sp³-hybridized carbons (Fsp3) is 0.0625. The molecule has 0 fully saturated rings. The summed E-state index contributed by atoms with van der Waals surface area (Å²) < 4.78 is 0.789. The zero-order valence-corrected chi connectivity index (χ0v) is 16.2. The van der Waals surface area contributed by atoms with E-state index in [0.29, 0.717) is 21.6 Å². The third-order valence-corrected chi connectivity index (χ3v) is 4.82. The fourth-order valence-electron chi connectivity index (χ4n) is 2.05. The van der Waals surface area contributed by atoms with Crippen molar-refractivity contribution >= 4 is 50.9 Å². The molecule has 1 amide bonds. The van der Waals surface area contributed by atoms with Crippen LogP contribution in [0, 0.1) is 0 Å². The van der Waals surface area contributed by atoms with Gasteiger partial charge in [-0.05, 0) is 36.4 Å². The number of halogens is 2. The number of benzene rings is 2. The number of hydrogen-bond donors (Lipinski definition) is 4. The molecular weight excluding hydrogens is 444 g/mol. The number of H-pyrrole nitrogens is 1. The zero-order valence-electron chi connectivity index (χ0n) is 13.0. The number of aromatic nitrogens is 3. The van der Waals surface area contributed by atoms with E-state index in [9.17, 15) is 15.0 Å². The minimum Gasteiger partial charge on any atom is -0.507 e. The Morgan fingerprint density at radius 2 is 2.00 bits per heavy atom. The van der Waals surface area contributed by atoms with Gasteiger partial charge in [-0.1, -0.05) is 39.3 Å². The number of phenols is 2. The minimum absolute atomic E-state index is 0.0354. The highest BCUT2D eigenvalue weighted by Crippen LogP contribution is 2.30. The zero-order chi connectivity index (χ0) is 18.7. The monoisotopic (exact) mass is 454 g/mol. The summed E-state index contributed by atoms with van der Waals surface area (Å²) in [5.41, 5.74) is 0.727. The second-order valence-corrected chi connectivity index (χ2v) is 7.42. The number of carbonyl (C=O) groups is 1. The summed E-state index contributed by atoms with van der Waals surface area (Å²) in [4.78, 5) is 16.3. The second kappa shape index (κ2) is 7.98. The molecule has 0 bridgehead atoms. The Balaban J connectivity index is 1.64. The smallest absolute Gasteiger partial charge is 0.234 e. The maximum absolute atomic E-state index is 12.0. The van der Waals surface area contributed by atoms with Gasteiger partial charge in [-0.2, -0.15) is 0 Å². The molecule has 26 heavy (non-hydrogen) atoms. The predicted molar refractivity (Wildman–Crippen MR) is 104 cm³/mol. The van der Waals surface area contributed by atoms with E-state index in [-0.39, 0.29) is 28.8 Å². The molecule has 1 aromatic heterocycles. The quantitative estimate of drug-likeness (QED) is 0.341. The molecule has 4 N–H and O–H groups in total. The van der Waals surface area contributed by atoms with Crippen molar-refractivity contribution in [3.8, 4) is 22.9 Å². The van der Waals surface area contributed by atoms with Gasteiger partial charge < -0.3 is 15.5 Å². The van der Waals surface area contributed by atoms with E-state index in [1.807, 2.05) is 0 Å². The summed E-state index contributed by atoms with van der Waals surface area (Å²) in [5.74, 6) is 0.0739. The topological polar surface area (TPSA) is 111 Å². The number of nitrogens with zero attached hydrogens (tertiary/aromatic N) is 2. The highest BCUT2D eigenvalue weighted by Gasteiger charge is 2.13. The highest BCUT2D eigenvalue weighted by molar-refractivity contribution is 9.10. The molecule has 0 saturated carbocycles. The van der Waals surface area contributed by atoms with Crippen molar-refractivity contribution in [1.29, 1.82) is 0 Å². The lowest BCUT2D eigenvalue weighted by atomic mass is 10.2. The van der Waals surface area contributed by atoms with Crippen molar-refractivity contribution in [2.75, 3.05) is 11.1 Å². The first-order valence-electron chi connectivity index (χ1n) is 7.25. The van der Waals surface area contributed by atoms with Crippen LogP contribution in [0.3, 0.4) is 0 Å². The van der Waals surface area contributed by atoms with Crippen LogP contribution in [0.1, 0.15) is 0 Å². The van der Waals surface area contributed by atoms with E-state index in [4.69, 9.17) is 11.6 Å². The summed E-state index contributed by atoms with van der Waals surface area (Å²) >= 11 is 10.3. The number of anilines is 1. The number of nitrogens with one attached hydrogen (secondary N) is 2. The van der Waals surface area contributed by atoms with Crippen molar-refractivity contribution in [1.82, 2.24) is 15.2 Å². The highest BCUT2D eigenvalue weighted by atomic mass is 79.9. The van der Waals surface area contributed by atoms with E-state index in [2.05, 4.69) is 36.4 Å². The van der Waals surface area contributed by atoms with Gasteiger partial charge in [-0.25, -0.2) is 4.98 Å². The average Bonchev–Trinajstić information content (AvgIpc) is 3.07. The Morgan fingerprint density at radius 3 is 2.81 bits per heavy atom. The Morgan fingerprint density at radius 1 is 1.23 bits per heavy atom. The first-order chi connectivity index (χ1) is 12.4. The molecule has 134 valence electrons. The van der Waals surface area contributed by atoms with Crippen molar-refractivity contribution in [2.45, 2.75) is 5.16 Å².